The monoisotopic (exact) mass is 384 g/mol. The summed E-state index contributed by atoms with van der Waals surface area (Å²) in [6.07, 6.45) is 2.74. The fourth-order valence-electron chi connectivity index (χ4n) is 2.36. The maximum Gasteiger partial charge on any atom is 0.134 e. The molecule has 1 aromatic heterocycles. The molecule has 25 heavy (non-hydrogen) atoms. The molecule has 3 rings (SSSR count). The summed E-state index contributed by atoms with van der Waals surface area (Å²) in [5, 5.41) is 13.2. The second-order valence-electron chi connectivity index (χ2n) is 5.42. The average Bonchev–Trinajstić information content (AvgIpc) is 3.11. The first kappa shape index (κ1) is 17.7. The van der Waals surface area contributed by atoms with Gasteiger partial charge in [0, 0.05) is 21.0 Å². The van der Waals surface area contributed by atoms with Crippen molar-refractivity contribution in [1.29, 1.82) is 5.26 Å². The summed E-state index contributed by atoms with van der Waals surface area (Å²) in [5.74, 6) is 0. The Balaban J connectivity index is 1.93. The first-order valence-electron chi connectivity index (χ1n) is 7.72. The minimum Gasteiger partial charge on any atom is -0.235 e. The van der Waals surface area contributed by atoms with Gasteiger partial charge in [-0.3, -0.25) is 0 Å². The van der Waals surface area contributed by atoms with Gasteiger partial charge in [0.2, 0.25) is 0 Å². The summed E-state index contributed by atoms with van der Waals surface area (Å²) in [7, 11) is 0. The highest BCUT2D eigenvalue weighted by Gasteiger charge is 2.10. The van der Waals surface area contributed by atoms with Gasteiger partial charge in [-0.2, -0.15) is 5.26 Å². The highest BCUT2D eigenvalue weighted by atomic mass is 35.5. The minimum atomic E-state index is 0.477. The van der Waals surface area contributed by atoms with E-state index in [0.717, 1.165) is 23.2 Å². The second-order valence-corrected chi connectivity index (χ2v) is 7.13. The van der Waals surface area contributed by atoms with Crippen molar-refractivity contribution in [2.24, 2.45) is 0 Å². The topological polar surface area (TPSA) is 36.7 Å². The van der Waals surface area contributed by atoms with E-state index >= 15 is 0 Å². The molecule has 0 atom stereocenters. The molecule has 0 amide bonds. The van der Waals surface area contributed by atoms with Crippen molar-refractivity contribution in [1.82, 2.24) is 4.98 Å². The summed E-state index contributed by atoms with van der Waals surface area (Å²) >= 11 is 13.6. The summed E-state index contributed by atoms with van der Waals surface area (Å²) < 4.78 is 0. The number of nitriles is 1. The predicted octanol–water partition coefficient (Wildman–Crippen LogP) is 6.74. The lowest BCUT2D eigenvalue weighted by atomic mass is 10.1. The second kappa shape index (κ2) is 7.84. The molecule has 0 aliphatic carbocycles. The van der Waals surface area contributed by atoms with Crippen molar-refractivity contribution in [2.75, 3.05) is 0 Å². The number of hydrogen-bond acceptors (Lipinski definition) is 3. The van der Waals surface area contributed by atoms with Crippen LogP contribution in [0.5, 0.6) is 0 Å². The lowest BCUT2D eigenvalue weighted by Gasteiger charge is -2.00. The smallest absolute Gasteiger partial charge is 0.134 e. The molecule has 0 saturated carbocycles. The number of rotatable bonds is 4. The van der Waals surface area contributed by atoms with Crippen molar-refractivity contribution in [3.8, 4) is 17.3 Å². The highest BCUT2D eigenvalue weighted by Crippen LogP contribution is 2.29. The number of nitrogens with zero attached hydrogens (tertiary/aromatic N) is 2. The molecule has 0 unspecified atom stereocenters. The van der Waals surface area contributed by atoms with E-state index in [4.69, 9.17) is 23.2 Å². The summed E-state index contributed by atoms with van der Waals surface area (Å²) in [5.41, 5.74) is 4.42. The number of aromatic nitrogens is 1. The third kappa shape index (κ3) is 4.11. The van der Waals surface area contributed by atoms with Gasteiger partial charge in [-0.15, -0.1) is 11.3 Å². The van der Waals surface area contributed by atoms with Crippen LogP contribution in [-0.2, 0) is 6.42 Å². The number of benzene rings is 2. The van der Waals surface area contributed by atoms with Gasteiger partial charge in [-0.05, 0) is 35.8 Å². The zero-order valence-electron chi connectivity index (χ0n) is 13.5. The fraction of sp³-hybridized carbons (Fsp3) is 0.100. The molecule has 0 fully saturated rings. The third-order valence-corrected chi connectivity index (χ3v) is 5.21. The van der Waals surface area contributed by atoms with Crippen LogP contribution in [0, 0.1) is 11.3 Å². The SMILES string of the molecule is CCc1ccc(-c2csc(/C(C#N)=C/c3ccc(Cl)cc3Cl)n2)cc1. The molecule has 0 saturated heterocycles. The van der Waals surface area contributed by atoms with Crippen molar-refractivity contribution in [3.63, 3.8) is 0 Å². The van der Waals surface area contributed by atoms with E-state index < -0.39 is 0 Å². The molecule has 0 spiro atoms. The Bertz CT molecular complexity index is 966. The molecule has 1 heterocycles. The quantitative estimate of drug-likeness (QED) is 0.466. The number of thiazole rings is 1. The lowest BCUT2D eigenvalue weighted by Crippen LogP contribution is -1.85. The van der Waals surface area contributed by atoms with Crippen molar-refractivity contribution in [3.05, 3.63) is 74.0 Å². The minimum absolute atomic E-state index is 0.477. The van der Waals surface area contributed by atoms with Crippen molar-refractivity contribution >= 4 is 46.2 Å². The van der Waals surface area contributed by atoms with Gasteiger partial charge >= 0.3 is 0 Å². The number of aryl methyl sites for hydroxylation is 1. The standard InChI is InChI=1S/C20H14Cl2N2S/c1-2-13-3-5-14(6-4-13)19-12-25-20(24-19)16(11-23)9-15-7-8-17(21)10-18(15)22/h3-10,12H,2H2,1H3/b16-9+. The van der Waals surface area contributed by atoms with Crippen LogP contribution in [0.15, 0.2) is 47.8 Å². The van der Waals surface area contributed by atoms with Gasteiger partial charge in [0.05, 0.1) is 11.3 Å². The van der Waals surface area contributed by atoms with Gasteiger partial charge < -0.3 is 0 Å². The van der Waals surface area contributed by atoms with Crippen molar-refractivity contribution < 1.29 is 0 Å². The maximum atomic E-state index is 9.51. The van der Waals surface area contributed by atoms with E-state index in [9.17, 15) is 5.26 Å². The molecule has 0 aliphatic heterocycles. The van der Waals surface area contributed by atoms with E-state index in [-0.39, 0.29) is 0 Å². The Morgan fingerprint density at radius 3 is 2.60 bits per heavy atom. The van der Waals surface area contributed by atoms with Gasteiger partial charge in [0.1, 0.15) is 11.1 Å². The van der Waals surface area contributed by atoms with Gasteiger partial charge in [-0.25, -0.2) is 4.98 Å². The number of allylic oxidation sites excluding steroid dienone is 1. The van der Waals surface area contributed by atoms with Gasteiger partial charge in [-0.1, -0.05) is 60.5 Å². The Labute approximate surface area is 161 Å². The molecule has 0 N–H and O–H groups in total. The van der Waals surface area contributed by atoms with Crippen molar-refractivity contribution in [2.45, 2.75) is 13.3 Å². The molecular weight excluding hydrogens is 371 g/mol. The lowest BCUT2D eigenvalue weighted by molar-refractivity contribution is 1.14. The highest BCUT2D eigenvalue weighted by molar-refractivity contribution is 7.11. The fourth-order valence-corrected chi connectivity index (χ4v) is 3.61. The molecule has 0 radical (unpaired) electrons. The molecule has 0 aliphatic rings. The maximum absolute atomic E-state index is 9.51. The molecule has 2 aromatic carbocycles. The number of hydrogen-bond donors (Lipinski definition) is 0. The Hall–Kier alpha value is -2.12. The third-order valence-electron chi connectivity index (χ3n) is 3.78. The Kier molecular flexibility index (Phi) is 5.55. The van der Waals surface area contributed by atoms with Crippen LogP contribution in [0.4, 0.5) is 0 Å². The van der Waals surface area contributed by atoms with E-state index in [1.165, 1.54) is 16.9 Å². The van der Waals surface area contributed by atoms with Crippen LogP contribution in [0.1, 0.15) is 23.1 Å². The van der Waals surface area contributed by atoms with Gasteiger partial charge in [0.25, 0.3) is 0 Å². The zero-order chi connectivity index (χ0) is 17.8. The van der Waals surface area contributed by atoms with Crippen LogP contribution in [0.25, 0.3) is 22.9 Å². The summed E-state index contributed by atoms with van der Waals surface area (Å²) in [6, 6.07) is 15.7. The molecule has 5 heteroatoms. The first-order valence-corrected chi connectivity index (χ1v) is 9.36. The van der Waals surface area contributed by atoms with E-state index in [1.54, 1.807) is 24.3 Å². The summed E-state index contributed by atoms with van der Waals surface area (Å²) in [4.78, 5) is 4.61. The van der Waals surface area contributed by atoms with Crippen LogP contribution in [-0.4, -0.2) is 4.98 Å². The molecule has 0 bridgehead atoms. The molecule has 124 valence electrons. The first-order chi connectivity index (χ1) is 12.1. The van der Waals surface area contributed by atoms with E-state index in [0.29, 0.717) is 20.6 Å². The van der Waals surface area contributed by atoms with E-state index in [1.807, 2.05) is 5.38 Å². The number of halogens is 2. The Morgan fingerprint density at radius 1 is 1.20 bits per heavy atom. The van der Waals surface area contributed by atoms with Crippen LogP contribution in [0.3, 0.4) is 0 Å². The van der Waals surface area contributed by atoms with Gasteiger partial charge in [0.15, 0.2) is 0 Å². The zero-order valence-corrected chi connectivity index (χ0v) is 15.8. The molecular formula is C20H14Cl2N2S. The largest absolute Gasteiger partial charge is 0.235 e. The Morgan fingerprint density at radius 2 is 1.96 bits per heavy atom. The van der Waals surface area contributed by atoms with Crippen LogP contribution < -0.4 is 0 Å². The normalized spacial score (nSPS) is 11.4. The van der Waals surface area contributed by atoms with Crippen LogP contribution >= 0.6 is 34.5 Å². The molecule has 2 nitrogen and oxygen atoms in total. The predicted molar refractivity (Wildman–Crippen MR) is 107 cm³/mol. The average molecular weight is 385 g/mol. The van der Waals surface area contributed by atoms with Crippen LogP contribution in [0.2, 0.25) is 10.0 Å². The molecule has 3 aromatic rings. The summed E-state index contributed by atoms with van der Waals surface area (Å²) in [6.45, 7) is 2.13. The van der Waals surface area contributed by atoms with E-state index in [2.05, 4.69) is 42.2 Å².